The smallest absolute Gasteiger partial charge is 0.0799 e. The second-order valence-corrected chi connectivity index (χ2v) is 18.5. The zero-order chi connectivity index (χ0) is 37.6. The maximum Gasteiger partial charge on any atom is 0.0799 e. The Kier molecular flexibility index (Phi) is 11.4. The average molecular weight is 860 g/mol. The van der Waals surface area contributed by atoms with Gasteiger partial charge in [-0.05, 0) is 46.0 Å². The molecule has 5 aromatic carbocycles. The Bertz CT molecular complexity index is 2270. The first-order valence-electron chi connectivity index (χ1n) is 18.5. The molecular weight excluding hydrogens is 813 g/mol. The van der Waals surface area contributed by atoms with E-state index in [4.69, 9.17) is 9.10 Å². The van der Waals surface area contributed by atoms with Crippen molar-refractivity contribution < 1.29 is 24.2 Å². The van der Waals surface area contributed by atoms with E-state index in [-0.39, 0.29) is 20.1 Å². The molecule has 4 heteroatoms. The van der Waals surface area contributed by atoms with Crippen LogP contribution in [0, 0.1) is 12.1 Å². The van der Waals surface area contributed by atoms with Crippen molar-refractivity contribution in [2.24, 2.45) is 0 Å². The minimum Gasteiger partial charge on any atom is -0.305 e. The van der Waals surface area contributed by atoms with Crippen LogP contribution >= 0.6 is 0 Å². The van der Waals surface area contributed by atoms with Crippen molar-refractivity contribution in [3.8, 4) is 44.8 Å². The third-order valence-electron chi connectivity index (χ3n) is 8.46. The summed E-state index contributed by atoms with van der Waals surface area (Å²) in [6, 6.07) is 53.8. The fraction of sp³-hybridized carbons (Fsp3) is 0.149. The van der Waals surface area contributed by atoms with Crippen LogP contribution in [0.5, 0.6) is 0 Å². The van der Waals surface area contributed by atoms with Gasteiger partial charge in [-0.15, -0.1) is 64.7 Å². The Balaban J connectivity index is 0.000000204. The van der Waals surface area contributed by atoms with Crippen LogP contribution < -0.4 is 5.19 Å². The van der Waals surface area contributed by atoms with Gasteiger partial charge >= 0.3 is 0 Å². The van der Waals surface area contributed by atoms with Crippen molar-refractivity contribution >= 4 is 13.3 Å². The molecule has 0 amide bonds. The summed E-state index contributed by atoms with van der Waals surface area (Å²) in [6.07, 6.45) is 2.08. The fourth-order valence-corrected chi connectivity index (χ4v) is 7.42. The zero-order valence-electron chi connectivity index (χ0n) is 32.7. The Morgan fingerprint density at radius 2 is 1.29 bits per heavy atom. The van der Waals surface area contributed by atoms with Gasteiger partial charge in [0.1, 0.15) is 0 Å². The molecule has 7 rings (SSSR count). The van der Waals surface area contributed by atoms with Crippen LogP contribution in [0.1, 0.15) is 40.5 Å². The normalized spacial score (nSPS) is 12.3. The molecular formula is C47H44IrN2Si-2. The first kappa shape index (κ1) is 33.4. The standard InChI is InChI=1S/C24H18N.C23H26NSi.Ir/c1-3-9-19(10-4-1)17-22-18-21(24-13-7-8-16-25-24)14-15-23(22)20-11-5-2-6-12-20;1-17(2)21-15-22(24-16-23(21)25(3,4)5)20-13-9-12-19(14-20)18-10-7-6-8-11-18;/h1-13,15-16,18H,17H2;6-12,14-17H,1-5H3;/q2*-1;/i17D2;17D;. The van der Waals surface area contributed by atoms with Crippen molar-refractivity contribution in [3.05, 3.63) is 187 Å². The van der Waals surface area contributed by atoms with Crippen LogP contribution in [0.25, 0.3) is 44.8 Å². The van der Waals surface area contributed by atoms with E-state index in [0.29, 0.717) is 11.1 Å². The molecule has 0 N–H and O–H groups in total. The third-order valence-corrected chi connectivity index (χ3v) is 10.5. The van der Waals surface area contributed by atoms with Gasteiger partial charge in [-0.25, -0.2) is 0 Å². The fourth-order valence-electron chi connectivity index (χ4n) is 5.84. The zero-order valence-corrected chi connectivity index (χ0v) is 33.1. The summed E-state index contributed by atoms with van der Waals surface area (Å²) in [5.74, 6) is -0.648. The summed E-state index contributed by atoms with van der Waals surface area (Å²) in [5.41, 5.74) is 9.89. The van der Waals surface area contributed by atoms with Crippen LogP contribution in [-0.4, -0.2) is 18.0 Å². The maximum absolute atomic E-state index is 8.89. The minimum atomic E-state index is -1.65. The molecule has 0 aliphatic rings. The van der Waals surface area contributed by atoms with Gasteiger partial charge in [0, 0.05) is 36.6 Å². The molecule has 2 heterocycles. The number of benzene rings is 5. The summed E-state index contributed by atoms with van der Waals surface area (Å²) >= 11 is 0. The number of pyridine rings is 2. The van der Waals surface area contributed by atoms with E-state index in [1.54, 1.807) is 6.20 Å². The molecule has 0 aliphatic carbocycles. The summed E-state index contributed by atoms with van der Waals surface area (Å²) in [7, 11) is -1.57. The van der Waals surface area contributed by atoms with Crippen LogP contribution in [0.2, 0.25) is 19.6 Å². The van der Waals surface area contributed by atoms with Gasteiger partial charge in [0.25, 0.3) is 0 Å². The van der Waals surface area contributed by atoms with Crippen molar-refractivity contribution in [2.45, 2.75) is 45.8 Å². The van der Waals surface area contributed by atoms with Crippen molar-refractivity contribution in [1.29, 1.82) is 0 Å². The second kappa shape index (κ2) is 17.5. The average Bonchev–Trinajstić information content (AvgIpc) is 3.18. The summed E-state index contributed by atoms with van der Waals surface area (Å²) in [5, 5.41) is 1.26. The Morgan fingerprint density at radius 3 is 1.92 bits per heavy atom. The van der Waals surface area contributed by atoms with Gasteiger partial charge in [0.2, 0.25) is 0 Å². The number of hydrogen-bond donors (Lipinski definition) is 0. The largest absolute Gasteiger partial charge is 0.305 e. The summed E-state index contributed by atoms with van der Waals surface area (Å²) in [4.78, 5) is 9.14. The molecule has 0 saturated carbocycles. The molecule has 0 unspecified atom stereocenters. The van der Waals surface area contributed by atoms with Crippen LogP contribution in [-0.2, 0) is 26.5 Å². The predicted molar refractivity (Wildman–Crippen MR) is 214 cm³/mol. The van der Waals surface area contributed by atoms with Gasteiger partial charge in [-0.1, -0.05) is 159 Å². The molecule has 51 heavy (non-hydrogen) atoms. The quantitative estimate of drug-likeness (QED) is 0.112. The predicted octanol–water partition coefficient (Wildman–Crippen LogP) is 11.7. The molecule has 2 nitrogen and oxygen atoms in total. The summed E-state index contributed by atoms with van der Waals surface area (Å²) in [6.45, 7) is 10.8. The minimum absolute atomic E-state index is 0. The van der Waals surface area contributed by atoms with E-state index in [1.165, 1.54) is 10.8 Å². The van der Waals surface area contributed by atoms with E-state index in [1.807, 2.05) is 135 Å². The molecule has 0 spiro atoms. The van der Waals surface area contributed by atoms with E-state index in [9.17, 15) is 0 Å². The topological polar surface area (TPSA) is 25.8 Å². The van der Waals surface area contributed by atoms with Gasteiger partial charge < -0.3 is 9.97 Å². The second-order valence-electron chi connectivity index (χ2n) is 13.5. The van der Waals surface area contributed by atoms with Crippen LogP contribution in [0.3, 0.4) is 0 Å². The van der Waals surface area contributed by atoms with E-state index in [0.717, 1.165) is 44.8 Å². The van der Waals surface area contributed by atoms with Crippen LogP contribution in [0.15, 0.2) is 158 Å². The van der Waals surface area contributed by atoms with Gasteiger partial charge in [0.15, 0.2) is 0 Å². The van der Waals surface area contributed by atoms with E-state index in [2.05, 4.69) is 67.1 Å². The third kappa shape index (κ3) is 9.74. The number of hydrogen-bond acceptors (Lipinski definition) is 2. The number of rotatable bonds is 8. The molecule has 0 atom stereocenters. The maximum atomic E-state index is 8.89. The van der Waals surface area contributed by atoms with Gasteiger partial charge in [0.05, 0.1) is 8.07 Å². The molecule has 0 aliphatic heterocycles. The molecule has 0 fully saturated rings. The molecule has 0 bridgehead atoms. The molecule has 257 valence electrons. The molecule has 1 radical (unpaired) electrons. The molecule has 7 aromatic rings. The Labute approximate surface area is 323 Å². The van der Waals surface area contributed by atoms with E-state index >= 15 is 0 Å². The van der Waals surface area contributed by atoms with E-state index < -0.39 is 20.3 Å². The molecule has 0 saturated heterocycles. The monoisotopic (exact) mass is 860 g/mol. The van der Waals surface area contributed by atoms with Gasteiger partial charge in [-0.2, -0.15) is 0 Å². The summed E-state index contributed by atoms with van der Waals surface area (Å²) < 4.78 is 26.4. The van der Waals surface area contributed by atoms with Crippen LogP contribution in [0.4, 0.5) is 0 Å². The van der Waals surface area contributed by atoms with Crippen molar-refractivity contribution in [2.75, 3.05) is 0 Å². The Hall–Kier alpha value is -4.73. The Morgan fingerprint density at radius 1 is 0.667 bits per heavy atom. The first-order valence-corrected chi connectivity index (χ1v) is 20.5. The van der Waals surface area contributed by atoms with Crippen molar-refractivity contribution in [1.82, 2.24) is 9.97 Å². The number of nitrogens with zero attached hydrogens (tertiary/aromatic N) is 2. The first-order chi connectivity index (χ1) is 25.3. The number of aromatic nitrogens is 2. The van der Waals surface area contributed by atoms with Crippen molar-refractivity contribution in [3.63, 3.8) is 0 Å². The molecule has 2 aromatic heterocycles. The van der Waals surface area contributed by atoms with Gasteiger partial charge in [-0.3, -0.25) is 0 Å². The SMILES string of the molecule is [2H]C(C)(C)c1cc(-c2[c-]ccc(-c3ccccc3)c2)ncc1[Si](C)(C)C.[2H]C([2H])(c1ccccc1)c1cc(-c2ccccn2)[c-]cc1-c1ccccc1.[Ir].